The molecule has 3 N–H and O–H groups in total. The molecule has 0 amide bonds. The third-order valence-corrected chi connectivity index (χ3v) is 3.71. The quantitative estimate of drug-likeness (QED) is 0.574. The van der Waals surface area contributed by atoms with Crippen LogP contribution in [0.4, 0.5) is 0 Å². The fourth-order valence-electron chi connectivity index (χ4n) is 2.57. The van der Waals surface area contributed by atoms with Crippen LogP contribution in [0.1, 0.15) is 19.1 Å². The first-order chi connectivity index (χ1) is 11.4. The number of hydrogen-bond donors (Lipinski definition) is 3. The molecule has 1 saturated heterocycles. The number of ether oxygens (including phenoxy) is 1. The lowest BCUT2D eigenvalue weighted by Gasteiger charge is -2.01. The van der Waals surface area contributed by atoms with Crippen LogP contribution < -0.4 is 5.63 Å². The Kier molecular flexibility index (Phi) is 4.42. The zero-order chi connectivity index (χ0) is 17.3. The van der Waals surface area contributed by atoms with E-state index in [2.05, 4.69) is 0 Å². The number of phenols is 2. The summed E-state index contributed by atoms with van der Waals surface area (Å²) in [6.45, 7) is 1.72. The Labute approximate surface area is 137 Å². The monoisotopic (exact) mass is 330 g/mol. The van der Waals surface area contributed by atoms with Crippen molar-refractivity contribution < 1.29 is 24.5 Å². The lowest BCUT2D eigenvalue weighted by atomic mass is 10.1. The molecule has 0 saturated carbocycles. The third kappa shape index (κ3) is 3.67. The van der Waals surface area contributed by atoms with E-state index in [1.807, 2.05) is 6.08 Å². The van der Waals surface area contributed by atoms with E-state index in [-0.39, 0.29) is 35.2 Å². The van der Waals surface area contributed by atoms with Gasteiger partial charge in [0.15, 0.2) is 0 Å². The van der Waals surface area contributed by atoms with Gasteiger partial charge in [0.1, 0.15) is 28.7 Å². The Morgan fingerprint density at radius 3 is 2.79 bits per heavy atom. The molecule has 1 aliphatic heterocycles. The van der Waals surface area contributed by atoms with Gasteiger partial charge < -0.3 is 24.5 Å². The Bertz CT molecular complexity index is 862. The van der Waals surface area contributed by atoms with E-state index < -0.39 is 5.63 Å². The van der Waals surface area contributed by atoms with Crippen molar-refractivity contribution >= 4 is 16.8 Å². The molecule has 1 aromatic carbocycles. The van der Waals surface area contributed by atoms with Crippen molar-refractivity contribution in [3.05, 3.63) is 52.6 Å². The van der Waals surface area contributed by atoms with Crippen LogP contribution in [0.3, 0.4) is 0 Å². The molecule has 0 spiro atoms. The van der Waals surface area contributed by atoms with Gasteiger partial charge in [0, 0.05) is 17.9 Å². The van der Waals surface area contributed by atoms with Crippen LogP contribution in [0.15, 0.2) is 45.6 Å². The largest absolute Gasteiger partial charge is 0.508 e. The van der Waals surface area contributed by atoms with Gasteiger partial charge in [-0.05, 0) is 25.1 Å². The Morgan fingerprint density at radius 1 is 1.25 bits per heavy atom. The van der Waals surface area contributed by atoms with Crippen molar-refractivity contribution in [1.82, 2.24) is 0 Å². The minimum absolute atomic E-state index is 0.00163. The molecule has 1 fully saturated rings. The number of phenolic OH excluding ortho intramolecular Hbond substituents is 2. The standard InChI is InChI=1S/C18H18O6/c1-10(19)6-16-15(24-16)5-3-2-4-13-8-11-7-12(20)9-14(21)17(11)18(22)23-13/h2-5,7-10,15-16,19-21H,6H2,1H3. The van der Waals surface area contributed by atoms with Crippen molar-refractivity contribution in [3.8, 4) is 11.5 Å². The maximum Gasteiger partial charge on any atom is 0.347 e. The van der Waals surface area contributed by atoms with Crippen LogP contribution in [-0.2, 0) is 4.74 Å². The summed E-state index contributed by atoms with van der Waals surface area (Å²) in [6, 6.07) is 4.04. The molecule has 0 aliphatic carbocycles. The number of aromatic hydroxyl groups is 2. The summed E-state index contributed by atoms with van der Waals surface area (Å²) in [7, 11) is 0. The summed E-state index contributed by atoms with van der Waals surface area (Å²) in [4.78, 5) is 11.9. The molecular formula is C18H18O6. The van der Waals surface area contributed by atoms with Gasteiger partial charge in [-0.3, -0.25) is 0 Å². The third-order valence-electron chi connectivity index (χ3n) is 3.71. The van der Waals surface area contributed by atoms with Crippen LogP contribution in [-0.4, -0.2) is 33.6 Å². The average molecular weight is 330 g/mol. The molecule has 24 heavy (non-hydrogen) atoms. The summed E-state index contributed by atoms with van der Waals surface area (Å²) in [5.41, 5.74) is -0.670. The fourth-order valence-corrected chi connectivity index (χ4v) is 2.57. The minimum Gasteiger partial charge on any atom is -0.508 e. The molecule has 6 heteroatoms. The van der Waals surface area contributed by atoms with Crippen LogP contribution in [0.25, 0.3) is 16.8 Å². The van der Waals surface area contributed by atoms with Gasteiger partial charge in [-0.25, -0.2) is 4.79 Å². The SMILES string of the molecule is CC(O)CC1OC1C=CC=Cc1cc2cc(O)cc(O)c2c(=O)o1. The zero-order valence-corrected chi connectivity index (χ0v) is 13.0. The number of aliphatic hydroxyl groups is 1. The average Bonchev–Trinajstić information content (AvgIpc) is 3.19. The highest BCUT2D eigenvalue weighted by molar-refractivity contribution is 5.89. The van der Waals surface area contributed by atoms with E-state index in [0.717, 1.165) is 6.07 Å². The smallest absolute Gasteiger partial charge is 0.347 e. The molecule has 126 valence electrons. The lowest BCUT2D eigenvalue weighted by Crippen LogP contribution is -2.05. The predicted molar refractivity (Wildman–Crippen MR) is 88.9 cm³/mol. The second-order valence-corrected chi connectivity index (χ2v) is 5.83. The Balaban J connectivity index is 1.73. The van der Waals surface area contributed by atoms with Gasteiger partial charge in [-0.2, -0.15) is 0 Å². The number of hydrogen-bond acceptors (Lipinski definition) is 6. The van der Waals surface area contributed by atoms with Crippen molar-refractivity contribution in [2.24, 2.45) is 0 Å². The van der Waals surface area contributed by atoms with E-state index >= 15 is 0 Å². The molecule has 2 heterocycles. The topological polar surface area (TPSA) is 103 Å². The zero-order valence-electron chi connectivity index (χ0n) is 13.0. The summed E-state index contributed by atoms with van der Waals surface area (Å²) < 4.78 is 10.5. The van der Waals surface area contributed by atoms with Gasteiger partial charge in [0.25, 0.3) is 0 Å². The van der Waals surface area contributed by atoms with E-state index in [4.69, 9.17) is 9.15 Å². The number of aliphatic hydroxyl groups excluding tert-OH is 1. The Morgan fingerprint density at radius 2 is 2.04 bits per heavy atom. The number of epoxide rings is 1. The first-order valence-electron chi connectivity index (χ1n) is 7.62. The second-order valence-electron chi connectivity index (χ2n) is 5.83. The predicted octanol–water partition coefficient (Wildman–Crippen LogP) is 2.31. The van der Waals surface area contributed by atoms with Crippen LogP contribution in [0.5, 0.6) is 11.5 Å². The van der Waals surface area contributed by atoms with Gasteiger partial charge in [0.05, 0.1) is 12.2 Å². The number of fused-ring (bicyclic) bond motifs is 1. The van der Waals surface area contributed by atoms with Gasteiger partial charge >= 0.3 is 5.63 Å². The minimum atomic E-state index is -0.670. The lowest BCUT2D eigenvalue weighted by molar-refractivity contribution is 0.170. The second kappa shape index (κ2) is 6.51. The highest BCUT2D eigenvalue weighted by atomic mass is 16.6. The number of rotatable bonds is 5. The summed E-state index contributed by atoms with van der Waals surface area (Å²) in [5, 5.41) is 28.9. The van der Waals surface area contributed by atoms with Crippen LogP contribution in [0, 0.1) is 0 Å². The molecule has 3 rings (SSSR count). The number of allylic oxidation sites excluding steroid dienone is 2. The highest BCUT2D eigenvalue weighted by Gasteiger charge is 2.36. The first-order valence-corrected chi connectivity index (χ1v) is 7.62. The molecule has 3 unspecified atom stereocenters. The maximum atomic E-state index is 11.9. The Hall–Kier alpha value is -2.57. The van der Waals surface area contributed by atoms with Crippen LogP contribution in [0.2, 0.25) is 0 Å². The van der Waals surface area contributed by atoms with E-state index in [1.54, 1.807) is 31.2 Å². The van der Waals surface area contributed by atoms with E-state index in [1.165, 1.54) is 6.07 Å². The van der Waals surface area contributed by atoms with Crippen molar-refractivity contribution in [1.29, 1.82) is 0 Å². The summed E-state index contributed by atoms with van der Waals surface area (Å²) in [6.07, 6.45) is 7.21. The van der Waals surface area contributed by atoms with Crippen molar-refractivity contribution in [2.45, 2.75) is 31.7 Å². The molecule has 1 aliphatic rings. The highest BCUT2D eigenvalue weighted by Crippen LogP contribution is 2.29. The maximum absolute atomic E-state index is 11.9. The molecule has 0 bridgehead atoms. The van der Waals surface area contributed by atoms with Gasteiger partial charge in [-0.15, -0.1) is 0 Å². The van der Waals surface area contributed by atoms with E-state index in [9.17, 15) is 20.1 Å². The number of benzene rings is 1. The molecular weight excluding hydrogens is 312 g/mol. The molecule has 3 atom stereocenters. The summed E-state index contributed by atoms with van der Waals surface area (Å²) >= 11 is 0. The van der Waals surface area contributed by atoms with Crippen LogP contribution >= 0.6 is 0 Å². The molecule has 0 radical (unpaired) electrons. The normalized spacial score (nSPS) is 21.8. The first kappa shape index (κ1) is 16.3. The molecule has 1 aromatic heterocycles. The van der Waals surface area contributed by atoms with E-state index in [0.29, 0.717) is 17.6 Å². The summed E-state index contributed by atoms with van der Waals surface area (Å²) in [5.74, 6) is -0.140. The molecule has 2 aromatic rings. The van der Waals surface area contributed by atoms with Crippen molar-refractivity contribution in [2.75, 3.05) is 0 Å². The van der Waals surface area contributed by atoms with Gasteiger partial charge in [-0.1, -0.05) is 18.2 Å². The van der Waals surface area contributed by atoms with Gasteiger partial charge in [0.2, 0.25) is 0 Å². The van der Waals surface area contributed by atoms with Crippen molar-refractivity contribution in [3.63, 3.8) is 0 Å². The molecule has 6 nitrogen and oxygen atoms in total. The fraction of sp³-hybridized carbons (Fsp3) is 0.278.